The van der Waals surface area contributed by atoms with E-state index in [9.17, 15) is 41.1 Å². The van der Waals surface area contributed by atoms with Gasteiger partial charge in [0.05, 0.1) is 27.1 Å². The Labute approximate surface area is 214 Å². The average molecular weight is 569 g/mol. The van der Waals surface area contributed by atoms with Gasteiger partial charge < -0.3 is 25.6 Å². The van der Waals surface area contributed by atoms with Crippen LogP contribution in [0, 0.1) is 0 Å². The van der Waals surface area contributed by atoms with Crippen LogP contribution in [0.1, 0.15) is 15.2 Å². The van der Waals surface area contributed by atoms with Crippen molar-refractivity contribution in [3.8, 4) is 0 Å². The first-order chi connectivity index (χ1) is 17.4. The molecule has 3 N–H and O–H groups in total. The number of anilines is 2. The molecule has 4 amide bonds. The van der Waals surface area contributed by atoms with Crippen molar-refractivity contribution >= 4 is 57.9 Å². The number of thiophene rings is 1. The fourth-order valence-electron chi connectivity index (χ4n) is 3.22. The van der Waals surface area contributed by atoms with Crippen molar-refractivity contribution in [1.82, 2.24) is 10.6 Å². The Kier molecular flexibility index (Phi) is 9.04. The maximum Gasteiger partial charge on any atom is 0.418 e. The van der Waals surface area contributed by atoms with Gasteiger partial charge in [0.25, 0.3) is 17.7 Å². The molecule has 0 bridgehead atoms. The summed E-state index contributed by atoms with van der Waals surface area (Å²) >= 11 is 6.63. The molecule has 2 aromatic rings. The number of rotatable bonds is 8. The molecule has 1 aromatic heterocycles. The number of ether oxygens (including phenoxy) is 1. The van der Waals surface area contributed by atoms with Crippen LogP contribution < -0.4 is 20.9 Å². The van der Waals surface area contributed by atoms with E-state index in [1.165, 1.54) is 12.1 Å². The molecular weight excluding hydrogens is 551 g/mol. The summed E-state index contributed by atoms with van der Waals surface area (Å²) in [7, 11) is 0. The van der Waals surface area contributed by atoms with Crippen molar-refractivity contribution in [3.05, 3.63) is 45.1 Å². The second kappa shape index (κ2) is 11.8. The lowest BCUT2D eigenvalue weighted by molar-refractivity contribution is -0.137. The van der Waals surface area contributed by atoms with Gasteiger partial charge in [-0.2, -0.15) is 22.0 Å². The van der Waals surface area contributed by atoms with E-state index in [-0.39, 0.29) is 34.7 Å². The van der Waals surface area contributed by atoms with Gasteiger partial charge in [0.1, 0.15) is 12.6 Å². The predicted octanol–water partition coefficient (Wildman–Crippen LogP) is 2.90. The highest BCUT2D eigenvalue weighted by Gasteiger charge is 2.36. The first kappa shape index (κ1) is 28.3. The quantitative estimate of drug-likeness (QED) is 0.424. The van der Waals surface area contributed by atoms with Gasteiger partial charge in [-0.25, -0.2) is 0 Å². The molecule has 200 valence electrons. The summed E-state index contributed by atoms with van der Waals surface area (Å²) in [6, 6.07) is 3.60. The summed E-state index contributed by atoms with van der Waals surface area (Å²) in [5, 5.41) is 5.88. The first-order valence-corrected chi connectivity index (χ1v) is 11.6. The molecule has 0 saturated carbocycles. The fraction of sp³-hybridized carbons (Fsp3) is 0.333. The number of alkyl halides is 5. The van der Waals surface area contributed by atoms with Gasteiger partial charge in [0, 0.05) is 18.8 Å². The highest BCUT2D eigenvalue weighted by molar-refractivity contribution is 7.18. The normalized spacial score (nSPS) is 14.9. The summed E-state index contributed by atoms with van der Waals surface area (Å²) in [4.78, 5) is 49.7. The molecule has 9 nitrogen and oxygen atoms in total. The lowest BCUT2D eigenvalue weighted by Crippen LogP contribution is -2.52. The van der Waals surface area contributed by atoms with Gasteiger partial charge >= 0.3 is 12.6 Å². The maximum atomic E-state index is 13.8. The van der Waals surface area contributed by atoms with Crippen molar-refractivity contribution in [2.45, 2.75) is 18.6 Å². The monoisotopic (exact) mass is 568 g/mol. The number of hydrogen-bond acceptors (Lipinski definition) is 6. The zero-order chi connectivity index (χ0) is 27.3. The number of halogens is 6. The molecule has 1 saturated heterocycles. The molecule has 37 heavy (non-hydrogen) atoms. The molecule has 1 aliphatic heterocycles. The van der Waals surface area contributed by atoms with Crippen LogP contribution in [0.25, 0.3) is 0 Å². The minimum Gasteiger partial charge on any atom is -0.370 e. The number of carbonyl (C=O) groups excluding carboxylic acids is 4. The summed E-state index contributed by atoms with van der Waals surface area (Å²) in [6.07, 6.45) is -8.51. The molecule has 1 aromatic carbocycles. The number of hydrogen-bond donors (Lipinski definition) is 3. The average Bonchev–Trinajstić information content (AvgIpc) is 3.27. The number of amides is 4. The minimum atomic E-state index is -4.98. The largest absolute Gasteiger partial charge is 0.418 e. The van der Waals surface area contributed by atoms with E-state index >= 15 is 0 Å². The molecule has 1 atom stereocenters. The Morgan fingerprint density at radius 1 is 1.14 bits per heavy atom. The van der Waals surface area contributed by atoms with E-state index in [0.29, 0.717) is 6.07 Å². The number of carbonyl (C=O) groups is 4. The van der Waals surface area contributed by atoms with Gasteiger partial charge in [-0.3, -0.25) is 19.2 Å². The van der Waals surface area contributed by atoms with Gasteiger partial charge in [-0.15, -0.1) is 11.3 Å². The SMILES string of the molecule is O=C(NC[C@H](NC(=O)C(F)F)C(=O)Nc1ccc(N2CCOCC2=O)cc1C(F)(F)F)c1ccc(Cl)s1. The lowest BCUT2D eigenvalue weighted by atomic mass is 10.1. The Bertz CT molecular complexity index is 1190. The molecule has 0 aliphatic carbocycles. The van der Waals surface area contributed by atoms with E-state index in [1.807, 2.05) is 5.32 Å². The third-order valence-corrected chi connectivity index (χ3v) is 6.19. The molecule has 1 fully saturated rings. The van der Waals surface area contributed by atoms with Crippen LogP contribution in [0.3, 0.4) is 0 Å². The van der Waals surface area contributed by atoms with Crippen LogP contribution in [0.2, 0.25) is 4.34 Å². The van der Waals surface area contributed by atoms with E-state index in [0.717, 1.165) is 28.4 Å². The van der Waals surface area contributed by atoms with E-state index in [4.69, 9.17) is 16.3 Å². The number of benzene rings is 1. The second-order valence-electron chi connectivity index (χ2n) is 7.49. The fourth-order valence-corrected chi connectivity index (χ4v) is 4.18. The van der Waals surface area contributed by atoms with Gasteiger partial charge in [-0.1, -0.05) is 11.6 Å². The van der Waals surface area contributed by atoms with E-state index < -0.39 is 60.1 Å². The van der Waals surface area contributed by atoms with E-state index in [2.05, 4.69) is 5.32 Å². The molecule has 3 rings (SSSR count). The molecule has 16 heteroatoms. The predicted molar refractivity (Wildman–Crippen MR) is 123 cm³/mol. The third kappa shape index (κ3) is 7.36. The van der Waals surface area contributed by atoms with Crippen LogP contribution >= 0.6 is 22.9 Å². The zero-order valence-electron chi connectivity index (χ0n) is 18.5. The molecule has 2 heterocycles. The highest BCUT2D eigenvalue weighted by Crippen LogP contribution is 2.37. The molecule has 0 spiro atoms. The van der Waals surface area contributed by atoms with Crippen molar-refractivity contribution in [2.24, 2.45) is 0 Å². The smallest absolute Gasteiger partial charge is 0.370 e. The molecular formula is C21H18ClF5N4O5S. The van der Waals surface area contributed by atoms with E-state index in [1.54, 1.807) is 5.32 Å². The molecule has 0 unspecified atom stereocenters. The van der Waals surface area contributed by atoms with Crippen LogP contribution in [0.15, 0.2) is 30.3 Å². The lowest BCUT2D eigenvalue weighted by Gasteiger charge is -2.28. The van der Waals surface area contributed by atoms with Crippen LogP contribution in [-0.4, -0.2) is 62.4 Å². The number of nitrogens with zero attached hydrogens (tertiary/aromatic N) is 1. The summed E-state index contributed by atoms with van der Waals surface area (Å²) in [5.74, 6) is -4.49. The maximum absolute atomic E-state index is 13.8. The highest BCUT2D eigenvalue weighted by atomic mass is 35.5. The van der Waals surface area contributed by atoms with Crippen molar-refractivity contribution in [3.63, 3.8) is 0 Å². The minimum absolute atomic E-state index is 0.0126. The van der Waals surface area contributed by atoms with Crippen LogP contribution in [0.5, 0.6) is 0 Å². The summed E-state index contributed by atoms with van der Waals surface area (Å²) in [6.45, 7) is -0.908. The zero-order valence-corrected chi connectivity index (χ0v) is 20.1. The Morgan fingerprint density at radius 2 is 1.86 bits per heavy atom. The van der Waals surface area contributed by atoms with Crippen molar-refractivity contribution in [1.29, 1.82) is 0 Å². The van der Waals surface area contributed by atoms with Crippen LogP contribution in [-0.2, 0) is 25.3 Å². The van der Waals surface area contributed by atoms with Gasteiger partial charge in [0.2, 0.25) is 5.91 Å². The van der Waals surface area contributed by atoms with Crippen molar-refractivity contribution in [2.75, 3.05) is 36.5 Å². The topological polar surface area (TPSA) is 117 Å². The van der Waals surface area contributed by atoms with Crippen LogP contribution in [0.4, 0.5) is 33.3 Å². The molecule has 1 aliphatic rings. The van der Waals surface area contributed by atoms with Gasteiger partial charge in [-0.05, 0) is 30.3 Å². The number of nitrogens with one attached hydrogen (secondary N) is 3. The molecule has 0 radical (unpaired) electrons. The second-order valence-corrected chi connectivity index (χ2v) is 9.21. The van der Waals surface area contributed by atoms with Crippen molar-refractivity contribution < 1.29 is 45.9 Å². The third-order valence-electron chi connectivity index (χ3n) is 4.96. The number of morpholine rings is 1. The Balaban J connectivity index is 1.82. The summed E-state index contributed by atoms with van der Waals surface area (Å²) < 4.78 is 72.2. The Morgan fingerprint density at radius 3 is 2.46 bits per heavy atom. The Hall–Kier alpha value is -3.30. The standard InChI is InChI=1S/C21H18ClF5N4O5S/c22-15-4-3-14(37-15)19(34)28-8-13(30-20(35)17(23)24)18(33)29-12-2-1-10(7-11(12)21(25,26)27)31-5-6-36-9-16(31)32/h1-4,7,13,17H,5-6,8-9H2,(H,28,34)(H,29,33)(H,30,35)/t13-/m0/s1. The first-order valence-electron chi connectivity index (χ1n) is 10.4. The van der Waals surface area contributed by atoms with Gasteiger partial charge in [0.15, 0.2) is 0 Å². The summed E-state index contributed by atoms with van der Waals surface area (Å²) in [5.41, 5.74) is -2.17.